The van der Waals surface area contributed by atoms with E-state index in [0.717, 1.165) is 25.0 Å². The summed E-state index contributed by atoms with van der Waals surface area (Å²) in [5.41, 5.74) is 0.942. The quantitative estimate of drug-likeness (QED) is 0.802. The lowest BCUT2D eigenvalue weighted by Crippen LogP contribution is -2.48. The zero-order valence-corrected chi connectivity index (χ0v) is 16.6. The Balaban J connectivity index is 1.74. The van der Waals surface area contributed by atoms with Gasteiger partial charge in [-0.1, -0.05) is 0 Å². The zero-order valence-electron chi connectivity index (χ0n) is 15.8. The number of hydrogen-bond donors (Lipinski definition) is 1. The Hall–Kier alpha value is -2.20. The topological polar surface area (TPSA) is 104 Å². The molecule has 0 radical (unpaired) electrons. The second kappa shape index (κ2) is 6.16. The van der Waals surface area contributed by atoms with Gasteiger partial charge in [-0.25, -0.2) is 13.4 Å². The summed E-state index contributed by atoms with van der Waals surface area (Å²) in [6.45, 7) is 0.818. The first kappa shape index (κ1) is 18.2. The van der Waals surface area contributed by atoms with Crippen LogP contribution in [-0.4, -0.2) is 59.7 Å². The molecule has 1 saturated heterocycles. The summed E-state index contributed by atoms with van der Waals surface area (Å²) in [5.74, 6) is 0.507. The highest BCUT2D eigenvalue weighted by atomic mass is 32.2. The second-order valence-corrected chi connectivity index (χ2v) is 9.62. The van der Waals surface area contributed by atoms with Crippen LogP contribution in [0.1, 0.15) is 30.5 Å². The largest absolute Gasteiger partial charge is 0.348 e. The van der Waals surface area contributed by atoms with Crippen LogP contribution >= 0.6 is 0 Å². The van der Waals surface area contributed by atoms with Crippen LogP contribution < -0.4 is 10.5 Å². The Morgan fingerprint density at radius 1 is 1.30 bits per heavy atom. The molecule has 1 fully saturated rings. The first-order valence-corrected chi connectivity index (χ1v) is 10.5. The number of H-pyrrole nitrogens is 1. The molecule has 0 bridgehead atoms. The molecule has 27 heavy (non-hydrogen) atoms. The normalized spacial score (nSPS) is 22.9. The predicted molar refractivity (Wildman–Crippen MR) is 100 cm³/mol. The van der Waals surface area contributed by atoms with Gasteiger partial charge in [-0.05, 0) is 25.7 Å². The number of piperidine rings is 1. The average molecular weight is 392 g/mol. The minimum atomic E-state index is -3.62. The van der Waals surface area contributed by atoms with E-state index in [1.807, 2.05) is 14.1 Å². The molecule has 2 aliphatic rings. The lowest BCUT2D eigenvalue weighted by molar-refractivity contribution is 0.219. The summed E-state index contributed by atoms with van der Waals surface area (Å²) in [5, 5.41) is 3.99. The number of aromatic nitrogens is 4. The summed E-state index contributed by atoms with van der Waals surface area (Å²) in [6.07, 6.45) is 5.85. The van der Waals surface area contributed by atoms with Gasteiger partial charge in [-0.2, -0.15) is 9.40 Å². The number of aryl methyl sites for hydroxylation is 1. The molecule has 1 atom stereocenters. The fourth-order valence-electron chi connectivity index (χ4n) is 4.22. The molecule has 1 aliphatic heterocycles. The van der Waals surface area contributed by atoms with Crippen molar-refractivity contribution in [3.05, 3.63) is 34.0 Å². The second-order valence-electron chi connectivity index (χ2n) is 7.68. The Morgan fingerprint density at radius 2 is 2.07 bits per heavy atom. The third-order valence-corrected chi connectivity index (χ3v) is 7.44. The van der Waals surface area contributed by atoms with Gasteiger partial charge in [-0.3, -0.25) is 14.5 Å². The molecule has 1 unspecified atom stereocenters. The van der Waals surface area contributed by atoms with Gasteiger partial charge in [-0.15, -0.1) is 0 Å². The number of hydrogen-bond acceptors (Lipinski definition) is 6. The number of anilines is 1. The van der Waals surface area contributed by atoms with Crippen molar-refractivity contribution in [1.29, 1.82) is 0 Å². The molecule has 10 heteroatoms. The highest BCUT2D eigenvalue weighted by Crippen LogP contribution is 2.44. The summed E-state index contributed by atoms with van der Waals surface area (Å²) >= 11 is 0. The molecule has 1 spiro atoms. The first-order chi connectivity index (χ1) is 12.7. The molecule has 3 heterocycles. The van der Waals surface area contributed by atoms with Crippen LogP contribution in [0.25, 0.3) is 0 Å². The van der Waals surface area contributed by atoms with Gasteiger partial charge in [0.2, 0.25) is 16.0 Å². The van der Waals surface area contributed by atoms with Crippen LogP contribution in [0, 0.1) is 0 Å². The SMILES string of the molecule is CN(C)c1nc2c(c(=O)[nH]1)CCC21CCCN(S(=O)(=O)c2cnn(C)c2)C1. The molecule has 0 saturated carbocycles. The van der Waals surface area contributed by atoms with Crippen molar-refractivity contribution < 1.29 is 8.42 Å². The summed E-state index contributed by atoms with van der Waals surface area (Å²) < 4.78 is 29.2. The molecule has 146 valence electrons. The van der Waals surface area contributed by atoms with Crippen molar-refractivity contribution >= 4 is 16.0 Å². The number of fused-ring (bicyclic) bond motifs is 2. The molecule has 0 amide bonds. The van der Waals surface area contributed by atoms with Crippen molar-refractivity contribution in [2.24, 2.45) is 7.05 Å². The summed E-state index contributed by atoms with van der Waals surface area (Å²) in [4.78, 5) is 22.0. The van der Waals surface area contributed by atoms with Crippen LogP contribution in [0.15, 0.2) is 22.1 Å². The maximum absolute atomic E-state index is 13.1. The zero-order chi connectivity index (χ0) is 19.4. The fraction of sp³-hybridized carbons (Fsp3) is 0.588. The first-order valence-electron chi connectivity index (χ1n) is 9.03. The number of rotatable bonds is 3. The van der Waals surface area contributed by atoms with Gasteiger partial charge in [0, 0.05) is 51.4 Å². The van der Waals surface area contributed by atoms with Crippen LogP contribution in [0.4, 0.5) is 5.95 Å². The van der Waals surface area contributed by atoms with E-state index in [2.05, 4.69) is 10.1 Å². The Bertz CT molecular complexity index is 1040. The van der Waals surface area contributed by atoms with Gasteiger partial charge in [0.25, 0.3) is 5.56 Å². The maximum atomic E-state index is 13.1. The van der Waals surface area contributed by atoms with Gasteiger partial charge >= 0.3 is 0 Å². The fourth-order valence-corrected chi connectivity index (χ4v) is 5.77. The van der Waals surface area contributed by atoms with E-state index in [4.69, 9.17) is 4.98 Å². The van der Waals surface area contributed by atoms with E-state index in [1.165, 1.54) is 21.4 Å². The van der Waals surface area contributed by atoms with E-state index >= 15 is 0 Å². The molecular formula is C17H24N6O3S. The van der Waals surface area contributed by atoms with Crippen molar-refractivity contribution in [2.75, 3.05) is 32.1 Å². The molecular weight excluding hydrogens is 368 g/mol. The third kappa shape index (κ3) is 2.87. The molecule has 2 aromatic rings. The van der Waals surface area contributed by atoms with E-state index < -0.39 is 15.4 Å². The van der Waals surface area contributed by atoms with E-state index in [0.29, 0.717) is 31.0 Å². The molecule has 1 N–H and O–H groups in total. The minimum absolute atomic E-state index is 0.118. The molecule has 2 aromatic heterocycles. The molecule has 0 aromatic carbocycles. The Labute approximate surface area is 158 Å². The van der Waals surface area contributed by atoms with Crippen molar-refractivity contribution in [1.82, 2.24) is 24.1 Å². The Morgan fingerprint density at radius 3 is 2.74 bits per heavy atom. The lowest BCUT2D eigenvalue weighted by Gasteiger charge is -2.39. The van der Waals surface area contributed by atoms with Crippen molar-refractivity contribution in [2.45, 2.75) is 36.0 Å². The van der Waals surface area contributed by atoms with Gasteiger partial charge in [0.05, 0.1) is 11.9 Å². The van der Waals surface area contributed by atoms with Crippen LogP contribution in [0.3, 0.4) is 0 Å². The number of nitrogens with one attached hydrogen (secondary N) is 1. The Kier molecular flexibility index (Phi) is 4.15. The number of nitrogens with zero attached hydrogens (tertiary/aromatic N) is 5. The van der Waals surface area contributed by atoms with Gasteiger partial charge in [0.1, 0.15) is 4.90 Å². The maximum Gasteiger partial charge on any atom is 0.255 e. The van der Waals surface area contributed by atoms with E-state index in [1.54, 1.807) is 11.9 Å². The molecule has 9 nitrogen and oxygen atoms in total. The minimum Gasteiger partial charge on any atom is -0.348 e. The highest BCUT2D eigenvalue weighted by Gasteiger charge is 2.47. The van der Waals surface area contributed by atoms with Crippen molar-refractivity contribution in [3.8, 4) is 0 Å². The number of aromatic amines is 1. The monoisotopic (exact) mass is 392 g/mol. The number of sulfonamides is 1. The van der Waals surface area contributed by atoms with E-state index in [9.17, 15) is 13.2 Å². The summed E-state index contributed by atoms with van der Waals surface area (Å²) in [7, 11) is 1.73. The predicted octanol–water partition coefficient (Wildman–Crippen LogP) is 0.238. The smallest absolute Gasteiger partial charge is 0.255 e. The third-order valence-electron chi connectivity index (χ3n) is 5.64. The van der Waals surface area contributed by atoms with Crippen LogP contribution in [0.5, 0.6) is 0 Å². The van der Waals surface area contributed by atoms with Gasteiger partial charge in [0.15, 0.2) is 0 Å². The van der Waals surface area contributed by atoms with Crippen LogP contribution in [-0.2, 0) is 28.9 Å². The lowest BCUT2D eigenvalue weighted by atomic mass is 9.78. The average Bonchev–Trinajstić information content (AvgIpc) is 3.21. The van der Waals surface area contributed by atoms with E-state index in [-0.39, 0.29) is 10.5 Å². The van der Waals surface area contributed by atoms with Crippen LogP contribution in [0.2, 0.25) is 0 Å². The van der Waals surface area contributed by atoms with Gasteiger partial charge < -0.3 is 4.90 Å². The molecule has 1 aliphatic carbocycles. The standard InChI is InChI=1S/C17H24N6O3S/c1-21(2)16-19-14-13(15(24)20-16)5-7-17(14)6-4-8-23(11-17)27(25,26)12-9-18-22(3)10-12/h9-10H,4-8,11H2,1-3H3,(H,19,20,24). The highest BCUT2D eigenvalue weighted by molar-refractivity contribution is 7.89. The summed E-state index contributed by atoms with van der Waals surface area (Å²) in [6, 6.07) is 0. The van der Waals surface area contributed by atoms with Crippen molar-refractivity contribution in [3.63, 3.8) is 0 Å². The molecule has 4 rings (SSSR count).